The van der Waals surface area contributed by atoms with Crippen molar-refractivity contribution >= 4 is 23.1 Å². The van der Waals surface area contributed by atoms with Gasteiger partial charge in [-0.2, -0.15) is 0 Å². The van der Waals surface area contributed by atoms with Gasteiger partial charge in [-0.05, 0) is 80.5 Å². The number of nitrogens with one attached hydrogen (secondary N) is 1. The fraction of sp³-hybridized carbons (Fsp3) is 0.382. The molecule has 0 saturated carbocycles. The molecule has 0 radical (unpaired) electrons. The zero-order valence-corrected chi connectivity index (χ0v) is 25.2. The van der Waals surface area contributed by atoms with Crippen LogP contribution in [0.25, 0.3) is 16.0 Å². The number of carboxylic acids is 1. The number of amides is 1. The fourth-order valence-corrected chi connectivity index (χ4v) is 6.72. The van der Waals surface area contributed by atoms with Crippen molar-refractivity contribution in [2.24, 2.45) is 5.11 Å². The highest BCUT2D eigenvalue weighted by Crippen LogP contribution is 2.42. The van der Waals surface area contributed by atoms with Crippen LogP contribution in [0.3, 0.4) is 0 Å². The van der Waals surface area contributed by atoms with E-state index in [2.05, 4.69) is 62.9 Å². The summed E-state index contributed by atoms with van der Waals surface area (Å²) in [5.41, 5.74) is 14.3. The van der Waals surface area contributed by atoms with E-state index in [-0.39, 0.29) is 18.0 Å². The Kier molecular flexibility index (Phi) is 8.26. The van der Waals surface area contributed by atoms with Crippen LogP contribution in [-0.4, -0.2) is 51.1 Å². The van der Waals surface area contributed by atoms with Gasteiger partial charge in [0.15, 0.2) is 0 Å². The van der Waals surface area contributed by atoms with Crippen LogP contribution in [0, 0.1) is 0 Å². The van der Waals surface area contributed by atoms with Crippen molar-refractivity contribution in [2.45, 2.75) is 46.0 Å². The lowest BCUT2D eigenvalue weighted by Gasteiger charge is -2.33. The molecule has 3 aromatic carbocycles. The third-order valence-electron chi connectivity index (χ3n) is 8.87. The molecule has 0 saturated heterocycles. The molecule has 0 fully saturated rings. The Hall–Kier alpha value is -4.82. The Balaban J connectivity index is 1.59. The number of azide groups is 1. The van der Waals surface area contributed by atoms with Gasteiger partial charge in [-0.3, -0.25) is 4.79 Å². The number of carbonyl (C=O) groups is 2. The highest BCUT2D eigenvalue weighted by atomic mass is 16.5. The van der Waals surface area contributed by atoms with Crippen LogP contribution in [0.4, 0.5) is 5.69 Å². The predicted octanol–water partition coefficient (Wildman–Crippen LogP) is 3.06. The molecular weight excluding hydrogens is 556 g/mol. The number of aromatic carboxylic acids is 1. The fourth-order valence-electron chi connectivity index (χ4n) is 6.72. The highest BCUT2D eigenvalue weighted by Gasteiger charge is 2.29. The van der Waals surface area contributed by atoms with Crippen LogP contribution in [0.1, 0.15) is 76.1 Å². The van der Waals surface area contributed by atoms with Crippen molar-refractivity contribution in [3.8, 4) is 11.5 Å². The first-order valence-electron chi connectivity index (χ1n) is 15.5. The number of hydrogen-bond acceptors (Lipinski definition) is 6. The summed E-state index contributed by atoms with van der Waals surface area (Å²) in [7, 11) is 0. The van der Waals surface area contributed by atoms with E-state index in [0.717, 1.165) is 79.3 Å². The first-order chi connectivity index (χ1) is 21.4. The first-order valence-corrected chi connectivity index (χ1v) is 15.5. The number of carbonyl (C=O) groups excluding carboxylic acids is 2. The maximum Gasteiger partial charge on any atom is 0.251 e. The molecular formula is C34H36N6O4. The molecule has 226 valence electrons. The second kappa shape index (κ2) is 12.4. The summed E-state index contributed by atoms with van der Waals surface area (Å²) in [6.07, 6.45) is 4.40. The largest absolute Gasteiger partial charge is 0.545 e. The molecule has 3 heterocycles. The molecule has 3 aliphatic heterocycles. The summed E-state index contributed by atoms with van der Waals surface area (Å²) < 4.78 is 9.01. The van der Waals surface area contributed by atoms with Gasteiger partial charge in [0.05, 0.1) is 12.0 Å². The average molecular weight is 593 g/mol. The Morgan fingerprint density at radius 2 is 1.91 bits per heavy atom. The van der Waals surface area contributed by atoms with Crippen LogP contribution < -0.4 is 35.2 Å². The van der Waals surface area contributed by atoms with E-state index in [4.69, 9.17) is 10.3 Å². The van der Waals surface area contributed by atoms with E-state index < -0.39 is 5.97 Å². The van der Waals surface area contributed by atoms with E-state index in [0.29, 0.717) is 35.6 Å². The summed E-state index contributed by atoms with van der Waals surface area (Å²) >= 11 is 0. The quantitative estimate of drug-likeness (QED) is 0.105. The van der Waals surface area contributed by atoms with Gasteiger partial charge >= 0.3 is 0 Å². The summed E-state index contributed by atoms with van der Waals surface area (Å²) in [5, 5.41) is 20.9. The van der Waals surface area contributed by atoms with E-state index >= 15 is 0 Å². The highest BCUT2D eigenvalue weighted by molar-refractivity contribution is 6.01. The zero-order valence-electron chi connectivity index (χ0n) is 25.2. The summed E-state index contributed by atoms with van der Waals surface area (Å²) in [6.45, 7) is 8.61. The second-order valence-corrected chi connectivity index (χ2v) is 11.4. The first kappa shape index (κ1) is 29.3. The van der Waals surface area contributed by atoms with Crippen LogP contribution >= 0.6 is 0 Å². The van der Waals surface area contributed by atoms with Gasteiger partial charge in [-0.15, -0.1) is 0 Å². The summed E-state index contributed by atoms with van der Waals surface area (Å²) in [5.74, 6) is -0.308. The summed E-state index contributed by atoms with van der Waals surface area (Å²) in [4.78, 5) is 30.8. The van der Waals surface area contributed by atoms with Crippen molar-refractivity contribution in [3.05, 3.63) is 96.9 Å². The van der Waals surface area contributed by atoms with Gasteiger partial charge < -0.3 is 24.9 Å². The molecule has 0 spiro atoms. The Bertz CT molecular complexity index is 1840. The molecule has 3 aromatic rings. The molecule has 0 aliphatic carbocycles. The molecule has 3 aliphatic rings. The van der Waals surface area contributed by atoms with Gasteiger partial charge in [-0.1, -0.05) is 11.2 Å². The number of anilines is 1. The minimum atomic E-state index is -1.31. The number of carboxylic acid groups (broad SMARTS) is 1. The molecule has 1 N–H and O–H groups in total. The standard InChI is InChI=1S/C34H36N6O4/c1-3-39-14-5-8-21-16-26-30(19-28(21)39)44-31-20-29-22(9-6-15-40(29)4-2)17-27(31)32(26)25-18-23(10-11-24(25)34(42)43)33(41)36-12-7-13-37-38-35/h10-11,16-20H,3-9,12-15H2,1-2H3,(H-,36,41,42,43). The second-order valence-electron chi connectivity index (χ2n) is 11.4. The van der Waals surface area contributed by atoms with E-state index in [1.165, 1.54) is 23.3 Å². The van der Waals surface area contributed by atoms with Gasteiger partial charge in [0, 0.05) is 82.3 Å². The van der Waals surface area contributed by atoms with Crippen LogP contribution in [-0.2, 0) is 12.8 Å². The molecule has 10 heteroatoms. The van der Waals surface area contributed by atoms with Crippen LogP contribution in [0.15, 0.2) is 47.6 Å². The Labute approximate surface area is 255 Å². The predicted molar refractivity (Wildman–Crippen MR) is 167 cm³/mol. The van der Waals surface area contributed by atoms with E-state index in [1.807, 2.05) is 0 Å². The molecule has 0 aromatic heterocycles. The lowest BCUT2D eigenvalue weighted by molar-refractivity contribution is -0.255. The topological polar surface area (TPSA) is 133 Å². The van der Waals surface area contributed by atoms with Crippen molar-refractivity contribution < 1.29 is 19.4 Å². The Morgan fingerprint density at radius 1 is 1.07 bits per heavy atom. The van der Waals surface area contributed by atoms with Crippen molar-refractivity contribution in [1.29, 1.82) is 0 Å². The number of nitrogens with zero attached hydrogens (tertiary/aromatic N) is 5. The molecule has 10 nitrogen and oxygen atoms in total. The molecule has 0 atom stereocenters. The molecule has 1 amide bonds. The van der Waals surface area contributed by atoms with Crippen molar-refractivity contribution in [1.82, 2.24) is 9.89 Å². The molecule has 6 rings (SSSR count). The molecule has 0 unspecified atom stereocenters. The van der Waals surface area contributed by atoms with Gasteiger partial charge in [0.2, 0.25) is 5.36 Å². The maximum atomic E-state index is 13.2. The van der Waals surface area contributed by atoms with E-state index in [9.17, 15) is 14.7 Å². The maximum absolute atomic E-state index is 13.2. The monoisotopic (exact) mass is 592 g/mol. The average Bonchev–Trinajstić information content (AvgIpc) is 3.04. The number of benzene rings is 3. The van der Waals surface area contributed by atoms with Crippen LogP contribution in [0.5, 0.6) is 11.5 Å². The molecule has 44 heavy (non-hydrogen) atoms. The van der Waals surface area contributed by atoms with Crippen molar-refractivity contribution in [3.63, 3.8) is 0 Å². The minimum absolute atomic E-state index is 0.0134. The summed E-state index contributed by atoms with van der Waals surface area (Å²) in [6, 6.07) is 13.1. The molecule has 0 bridgehead atoms. The zero-order chi connectivity index (χ0) is 30.8. The lowest BCUT2D eigenvalue weighted by atomic mass is 9.85. The number of aryl methyl sites for hydroxylation is 2. The normalized spacial score (nSPS) is 14.8. The third-order valence-corrected chi connectivity index (χ3v) is 8.87. The number of rotatable bonds is 9. The Morgan fingerprint density at radius 3 is 2.68 bits per heavy atom. The van der Waals surface area contributed by atoms with Crippen LogP contribution in [0.2, 0.25) is 0 Å². The number of ether oxygens (including phenoxy) is 1. The minimum Gasteiger partial charge on any atom is -0.545 e. The smallest absolute Gasteiger partial charge is 0.251 e. The third kappa shape index (κ3) is 5.37. The number of hydrogen-bond donors (Lipinski definition) is 1. The van der Waals surface area contributed by atoms with Crippen molar-refractivity contribution in [2.75, 3.05) is 44.2 Å². The van der Waals surface area contributed by atoms with E-state index in [1.54, 1.807) is 6.07 Å². The SMILES string of the molecule is CCN1CCCc2cc3c(cc21)Oc1cc2c(cc1=C3c1cc(C(=O)NCCCN=[N+]=[N-])ccc1C(=O)[O-])CCC[N+]=2CC. The van der Waals surface area contributed by atoms with Gasteiger partial charge in [-0.25, -0.2) is 4.58 Å². The number of fused-ring (bicyclic) bond motifs is 4. The van der Waals surface area contributed by atoms with Gasteiger partial charge in [0.25, 0.3) is 5.91 Å². The lowest BCUT2D eigenvalue weighted by Crippen LogP contribution is -2.39. The van der Waals surface area contributed by atoms with Gasteiger partial charge in [0.1, 0.15) is 24.6 Å².